The van der Waals surface area contributed by atoms with Gasteiger partial charge < -0.3 is 4.74 Å². The summed E-state index contributed by atoms with van der Waals surface area (Å²) in [5.41, 5.74) is 1.78. The van der Waals surface area contributed by atoms with E-state index in [1.54, 1.807) is 10.9 Å². The maximum atomic E-state index is 5.61. The van der Waals surface area contributed by atoms with Gasteiger partial charge in [-0.2, -0.15) is 14.9 Å². The molecule has 0 fully saturated rings. The molecule has 0 aliphatic heterocycles. The molecule has 0 spiro atoms. The van der Waals surface area contributed by atoms with Crippen LogP contribution in [-0.4, -0.2) is 27.7 Å². The molecule has 3 aromatic rings. The number of hydrogen-bond acceptors (Lipinski definition) is 4. The summed E-state index contributed by atoms with van der Waals surface area (Å²) in [6.07, 6.45) is 1.72. The molecule has 24 heavy (non-hydrogen) atoms. The molecule has 5 nitrogen and oxygen atoms in total. The Morgan fingerprint density at radius 3 is 2.79 bits per heavy atom. The lowest BCUT2D eigenvalue weighted by atomic mass is 10.2. The molecule has 1 heterocycles. The fourth-order valence-electron chi connectivity index (χ4n) is 2.21. The molecular weight excluding hydrogens is 388 g/mol. The lowest BCUT2D eigenvalue weighted by Crippen LogP contribution is -1.98. The summed E-state index contributed by atoms with van der Waals surface area (Å²) in [7, 11) is 0. The fraction of sp³-hybridized carbons (Fsp3) is 0.118. The average Bonchev–Trinajstić information content (AvgIpc) is 2.95. The van der Waals surface area contributed by atoms with Gasteiger partial charge in [-0.25, -0.2) is 5.10 Å². The van der Waals surface area contributed by atoms with Crippen LogP contribution in [0.2, 0.25) is 0 Å². The Morgan fingerprint density at radius 1 is 1.25 bits per heavy atom. The van der Waals surface area contributed by atoms with Gasteiger partial charge in [0.15, 0.2) is 5.82 Å². The van der Waals surface area contributed by atoms with E-state index in [0.29, 0.717) is 17.2 Å². The topological polar surface area (TPSA) is 55.2 Å². The van der Waals surface area contributed by atoms with E-state index >= 15 is 0 Å². The quantitative estimate of drug-likeness (QED) is 0.498. The second-order valence-corrected chi connectivity index (χ2v) is 6.10. The van der Waals surface area contributed by atoms with Gasteiger partial charge in [0.05, 0.1) is 12.8 Å². The van der Waals surface area contributed by atoms with Crippen molar-refractivity contribution in [3.63, 3.8) is 0 Å². The minimum Gasteiger partial charge on any atom is -0.493 e. The molecule has 7 heteroatoms. The van der Waals surface area contributed by atoms with E-state index in [9.17, 15) is 0 Å². The third-order valence-corrected chi connectivity index (χ3v) is 4.25. The summed E-state index contributed by atoms with van der Waals surface area (Å²) in [5, 5.41) is 11.6. The normalized spacial score (nSPS) is 11.1. The second kappa shape index (κ2) is 7.55. The highest BCUT2D eigenvalue weighted by atomic mass is 79.9. The van der Waals surface area contributed by atoms with Gasteiger partial charge in [0.2, 0.25) is 4.77 Å². The minimum atomic E-state index is 0.422. The smallest absolute Gasteiger partial charge is 0.216 e. The Labute approximate surface area is 153 Å². The predicted molar refractivity (Wildman–Crippen MR) is 101 cm³/mol. The van der Waals surface area contributed by atoms with E-state index in [0.717, 1.165) is 21.3 Å². The Kier molecular flexibility index (Phi) is 5.22. The fourth-order valence-corrected chi connectivity index (χ4v) is 2.85. The van der Waals surface area contributed by atoms with Crippen molar-refractivity contribution < 1.29 is 4.74 Å². The first-order valence-corrected chi connectivity index (χ1v) is 8.59. The number of halogens is 1. The zero-order valence-electron chi connectivity index (χ0n) is 12.9. The van der Waals surface area contributed by atoms with Crippen molar-refractivity contribution in [2.45, 2.75) is 6.92 Å². The van der Waals surface area contributed by atoms with E-state index in [1.165, 1.54) is 0 Å². The van der Waals surface area contributed by atoms with Crippen LogP contribution in [0.1, 0.15) is 12.5 Å². The van der Waals surface area contributed by atoms with Crippen LogP contribution < -0.4 is 4.74 Å². The molecule has 0 saturated carbocycles. The number of H-pyrrole nitrogens is 1. The molecule has 2 aromatic carbocycles. The number of aromatic amines is 1. The van der Waals surface area contributed by atoms with Crippen LogP contribution >= 0.6 is 28.1 Å². The second-order valence-electron chi connectivity index (χ2n) is 4.86. The van der Waals surface area contributed by atoms with Crippen LogP contribution in [0.3, 0.4) is 0 Å². The summed E-state index contributed by atoms with van der Waals surface area (Å²) < 4.78 is 8.55. The molecule has 0 amide bonds. The lowest BCUT2D eigenvalue weighted by molar-refractivity contribution is 0.340. The highest BCUT2D eigenvalue weighted by Gasteiger charge is 2.11. The predicted octanol–water partition coefficient (Wildman–Crippen LogP) is 4.65. The third-order valence-electron chi connectivity index (χ3n) is 3.30. The zero-order valence-corrected chi connectivity index (χ0v) is 15.3. The van der Waals surface area contributed by atoms with Crippen molar-refractivity contribution in [3.05, 3.63) is 63.3 Å². The van der Waals surface area contributed by atoms with Crippen LogP contribution in [0.25, 0.3) is 11.4 Å². The number of nitrogens with zero attached hydrogens (tertiary/aromatic N) is 3. The molecule has 1 aromatic heterocycles. The van der Waals surface area contributed by atoms with E-state index < -0.39 is 0 Å². The molecule has 0 radical (unpaired) electrons. The Hall–Kier alpha value is -2.25. The number of para-hydroxylation sites is 1. The molecule has 0 aliphatic carbocycles. The minimum absolute atomic E-state index is 0.422. The van der Waals surface area contributed by atoms with Crippen molar-refractivity contribution in [2.75, 3.05) is 6.61 Å². The summed E-state index contributed by atoms with van der Waals surface area (Å²) in [5.74, 6) is 1.42. The molecule has 3 rings (SSSR count). The maximum absolute atomic E-state index is 5.61. The van der Waals surface area contributed by atoms with E-state index in [2.05, 4.69) is 31.2 Å². The van der Waals surface area contributed by atoms with Gasteiger partial charge in [0, 0.05) is 15.6 Å². The molecule has 122 valence electrons. The largest absolute Gasteiger partial charge is 0.493 e. The maximum Gasteiger partial charge on any atom is 0.216 e. The molecule has 0 saturated heterocycles. The molecule has 0 aliphatic rings. The first kappa shape index (κ1) is 16.6. The van der Waals surface area contributed by atoms with Gasteiger partial charge in [-0.05, 0) is 43.4 Å². The van der Waals surface area contributed by atoms with E-state index in [4.69, 9.17) is 17.0 Å². The van der Waals surface area contributed by atoms with Gasteiger partial charge in [-0.1, -0.05) is 40.2 Å². The van der Waals surface area contributed by atoms with Crippen LogP contribution in [0, 0.1) is 4.77 Å². The monoisotopic (exact) mass is 402 g/mol. The molecule has 0 atom stereocenters. The van der Waals surface area contributed by atoms with Gasteiger partial charge >= 0.3 is 0 Å². The molecular formula is C17H15BrN4OS. The first-order chi connectivity index (χ1) is 11.7. The van der Waals surface area contributed by atoms with Crippen LogP contribution in [0.15, 0.2) is 58.1 Å². The van der Waals surface area contributed by atoms with Crippen LogP contribution in [0.5, 0.6) is 5.75 Å². The molecule has 0 bridgehead atoms. The highest BCUT2D eigenvalue weighted by molar-refractivity contribution is 9.10. The summed E-state index contributed by atoms with van der Waals surface area (Å²) in [6, 6.07) is 15.5. The van der Waals surface area contributed by atoms with Crippen LogP contribution in [-0.2, 0) is 0 Å². The lowest BCUT2D eigenvalue weighted by Gasteiger charge is -2.06. The van der Waals surface area contributed by atoms with Gasteiger partial charge in [0.1, 0.15) is 5.75 Å². The summed E-state index contributed by atoms with van der Waals surface area (Å²) in [4.78, 5) is 0. The highest BCUT2D eigenvalue weighted by Crippen LogP contribution is 2.26. The number of ether oxygens (including phenoxy) is 1. The Balaban J connectivity index is 2.02. The van der Waals surface area contributed by atoms with Crippen molar-refractivity contribution >= 4 is 34.4 Å². The van der Waals surface area contributed by atoms with Crippen molar-refractivity contribution in [3.8, 4) is 17.1 Å². The van der Waals surface area contributed by atoms with Crippen LogP contribution in [0.4, 0.5) is 0 Å². The molecule has 1 N–H and O–H groups in total. The number of rotatable bonds is 5. The Bertz CT molecular complexity index is 932. The number of benzene rings is 2. The number of aromatic nitrogens is 3. The number of hydrogen-bond donors (Lipinski definition) is 1. The van der Waals surface area contributed by atoms with Crippen molar-refractivity contribution in [1.82, 2.24) is 14.9 Å². The van der Waals surface area contributed by atoms with Gasteiger partial charge in [-0.3, -0.25) is 0 Å². The average molecular weight is 403 g/mol. The van der Waals surface area contributed by atoms with Crippen molar-refractivity contribution in [2.24, 2.45) is 5.10 Å². The summed E-state index contributed by atoms with van der Waals surface area (Å²) in [6.45, 7) is 2.54. The van der Waals surface area contributed by atoms with Gasteiger partial charge in [0.25, 0.3) is 0 Å². The Morgan fingerprint density at radius 2 is 2.00 bits per heavy atom. The SMILES string of the molecule is CCOc1ccccc1/C=N\n1c(-c2ccccc2Br)n[nH]c1=S. The van der Waals surface area contributed by atoms with E-state index in [1.807, 2.05) is 55.5 Å². The standard InChI is InChI=1S/C17H15BrN4OS/c1-2-23-15-10-6-3-7-12(15)11-19-22-16(20-21-17(22)24)13-8-4-5-9-14(13)18/h3-11H,2H2,1H3,(H,21,24)/b19-11-. The third kappa shape index (κ3) is 3.47. The molecule has 0 unspecified atom stereocenters. The zero-order chi connectivity index (χ0) is 16.9. The number of nitrogens with one attached hydrogen (secondary N) is 1. The summed E-state index contributed by atoms with van der Waals surface area (Å²) >= 11 is 8.83. The first-order valence-electron chi connectivity index (χ1n) is 7.39. The van der Waals surface area contributed by atoms with Crippen molar-refractivity contribution in [1.29, 1.82) is 0 Å². The van der Waals surface area contributed by atoms with E-state index in [-0.39, 0.29) is 0 Å². The van der Waals surface area contributed by atoms with Gasteiger partial charge in [-0.15, -0.1) is 0 Å².